The lowest BCUT2D eigenvalue weighted by atomic mass is 9.93. The lowest BCUT2D eigenvalue weighted by Crippen LogP contribution is -2.46. The highest BCUT2D eigenvalue weighted by Crippen LogP contribution is 2.34. The van der Waals surface area contributed by atoms with Crippen LogP contribution in [0.3, 0.4) is 0 Å². The van der Waals surface area contributed by atoms with Gasteiger partial charge in [0.05, 0.1) is 0 Å². The molecule has 1 aromatic rings. The van der Waals surface area contributed by atoms with Crippen LogP contribution in [-0.4, -0.2) is 36.3 Å². The van der Waals surface area contributed by atoms with Crippen molar-refractivity contribution >= 4 is 17.5 Å². The summed E-state index contributed by atoms with van der Waals surface area (Å²) in [5.41, 5.74) is 1.79. The quantitative estimate of drug-likeness (QED) is 0.836. The summed E-state index contributed by atoms with van der Waals surface area (Å²) >= 11 is 0. The molecule has 5 heteroatoms. The minimum Gasteiger partial charge on any atom is -0.342 e. The summed E-state index contributed by atoms with van der Waals surface area (Å²) in [6.07, 6.45) is 5.23. The van der Waals surface area contributed by atoms with Crippen molar-refractivity contribution in [1.82, 2.24) is 4.90 Å². The average molecular weight is 330 g/mol. The molecule has 0 bridgehead atoms. The van der Waals surface area contributed by atoms with Crippen molar-refractivity contribution < 1.29 is 14.0 Å². The molecule has 0 N–H and O–H groups in total. The number of hydrogen-bond donors (Lipinski definition) is 0. The van der Waals surface area contributed by atoms with Gasteiger partial charge in [-0.3, -0.25) is 9.59 Å². The lowest BCUT2D eigenvalue weighted by Gasteiger charge is -2.36. The maximum Gasteiger partial charge on any atom is 0.230 e. The first-order valence-corrected chi connectivity index (χ1v) is 9.02. The molecule has 0 unspecified atom stereocenters. The molecular formula is C19H23FN2O2. The zero-order valence-corrected chi connectivity index (χ0v) is 13.8. The zero-order valence-electron chi connectivity index (χ0n) is 13.8. The van der Waals surface area contributed by atoms with Crippen molar-refractivity contribution in [3.8, 4) is 0 Å². The summed E-state index contributed by atoms with van der Waals surface area (Å²) in [5, 5.41) is 0. The van der Waals surface area contributed by atoms with Gasteiger partial charge in [0.25, 0.3) is 0 Å². The van der Waals surface area contributed by atoms with Gasteiger partial charge in [-0.2, -0.15) is 0 Å². The number of carbonyl (C=O) groups is 2. The third-order valence-corrected chi connectivity index (χ3v) is 5.51. The molecule has 2 amide bonds. The Kier molecular flexibility index (Phi) is 4.02. The number of aryl methyl sites for hydroxylation is 1. The number of rotatable bonds is 2. The lowest BCUT2D eigenvalue weighted by molar-refractivity contribution is -0.136. The standard InChI is InChI=1S/C19H23FN2O2/c20-16-5-6-17-15(12-16)2-1-9-22(17)19(24)14-7-10-21(11-8-14)18(23)13-3-4-13/h5-6,12-14H,1-4,7-11H2. The number of amides is 2. The predicted octanol–water partition coefficient (Wildman–Crippen LogP) is 2.75. The van der Waals surface area contributed by atoms with Crippen LogP contribution in [0.25, 0.3) is 0 Å². The van der Waals surface area contributed by atoms with Crippen LogP contribution >= 0.6 is 0 Å². The Morgan fingerprint density at radius 2 is 1.67 bits per heavy atom. The van der Waals surface area contributed by atoms with E-state index in [9.17, 15) is 14.0 Å². The van der Waals surface area contributed by atoms with Crippen molar-refractivity contribution in [2.75, 3.05) is 24.5 Å². The van der Waals surface area contributed by atoms with Crippen molar-refractivity contribution in [2.24, 2.45) is 11.8 Å². The molecule has 1 saturated heterocycles. The molecule has 2 heterocycles. The molecule has 1 aliphatic carbocycles. The fourth-order valence-corrected chi connectivity index (χ4v) is 3.95. The Hall–Kier alpha value is -1.91. The van der Waals surface area contributed by atoms with Gasteiger partial charge in [-0.25, -0.2) is 4.39 Å². The number of piperidine rings is 1. The van der Waals surface area contributed by atoms with Crippen molar-refractivity contribution in [3.05, 3.63) is 29.6 Å². The van der Waals surface area contributed by atoms with Crippen LogP contribution in [0.1, 0.15) is 37.7 Å². The summed E-state index contributed by atoms with van der Waals surface area (Å²) in [5.74, 6) is 0.404. The molecule has 3 aliphatic rings. The fourth-order valence-electron chi connectivity index (χ4n) is 3.95. The number of benzene rings is 1. The second kappa shape index (κ2) is 6.19. The summed E-state index contributed by atoms with van der Waals surface area (Å²) in [4.78, 5) is 28.8. The van der Waals surface area contributed by atoms with Gasteiger partial charge in [0, 0.05) is 37.2 Å². The summed E-state index contributed by atoms with van der Waals surface area (Å²) in [6.45, 7) is 2.09. The van der Waals surface area contributed by atoms with Crippen molar-refractivity contribution in [3.63, 3.8) is 0 Å². The normalized spacial score (nSPS) is 21.5. The molecule has 4 nitrogen and oxygen atoms in total. The van der Waals surface area contributed by atoms with Crippen LogP contribution in [0.2, 0.25) is 0 Å². The molecule has 1 aromatic carbocycles. The second-order valence-electron chi connectivity index (χ2n) is 7.24. The van der Waals surface area contributed by atoms with Crippen LogP contribution < -0.4 is 4.90 Å². The highest BCUT2D eigenvalue weighted by atomic mass is 19.1. The molecule has 0 spiro atoms. The first-order valence-electron chi connectivity index (χ1n) is 9.02. The highest BCUT2D eigenvalue weighted by Gasteiger charge is 2.37. The number of hydrogen-bond acceptors (Lipinski definition) is 2. The number of fused-ring (bicyclic) bond motifs is 1. The maximum absolute atomic E-state index is 13.4. The molecule has 4 rings (SSSR count). The molecule has 0 atom stereocenters. The van der Waals surface area contributed by atoms with E-state index in [0.29, 0.717) is 19.6 Å². The zero-order chi connectivity index (χ0) is 16.7. The van der Waals surface area contributed by atoms with Gasteiger partial charge in [-0.1, -0.05) is 0 Å². The molecule has 2 aliphatic heterocycles. The van der Waals surface area contributed by atoms with Crippen molar-refractivity contribution in [2.45, 2.75) is 38.5 Å². The third kappa shape index (κ3) is 2.92. The van der Waals surface area contributed by atoms with Gasteiger partial charge in [0.15, 0.2) is 0 Å². The highest BCUT2D eigenvalue weighted by molar-refractivity contribution is 5.96. The molecule has 0 radical (unpaired) electrons. The minimum absolute atomic E-state index is 0.0238. The Labute approximate surface area is 141 Å². The van der Waals surface area contributed by atoms with E-state index in [1.54, 1.807) is 12.1 Å². The monoisotopic (exact) mass is 330 g/mol. The Morgan fingerprint density at radius 3 is 2.38 bits per heavy atom. The van der Waals surface area contributed by atoms with E-state index >= 15 is 0 Å². The first kappa shape index (κ1) is 15.6. The van der Waals surface area contributed by atoms with Gasteiger partial charge in [0.1, 0.15) is 5.82 Å². The summed E-state index contributed by atoms with van der Waals surface area (Å²) < 4.78 is 13.4. The topological polar surface area (TPSA) is 40.6 Å². The molecule has 128 valence electrons. The van der Waals surface area contributed by atoms with Crippen LogP contribution in [0.4, 0.5) is 10.1 Å². The smallest absolute Gasteiger partial charge is 0.230 e. The van der Waals surface area contributed by atoms with Crippen molar-refractivity contribution in [1.29, 1.82) is 0 Å². The Bertz CT molecular complexity index is 663. The average Bonchev–Trinajstić information content (AvgIpc) is 3.45. The molecule has 1 saturated carbocycles. The van der Waals surface area contributed by atoms with E-state index in [0.717, 1.165) is 49.8 Å². The maximum atomic E-state index is 13.4. The molecule has 0 aromatic heterocycles. The van der Waals surface area contributed by atoms with Gasteiger partial charge in [-0.05, 0) is 62.3 Å². The SMILES string of the molecule is O=C(C1CC1)N1CCC(C(=O)N2CCCc3cc(F)ccc32)CC1. The van der Waals surface area contributed by atoms with Crippen LogP contribution in [-0.2, 0) is 16.0 Å². The van der Waals surface area contributed by atoms with Gasteiger partial charge >= 0.3 is 0 Å². The largest absolute Gasteiger partial charge is 0.342 e. The number of likely N-dealkylation sites (tertiary alicyclic amines) is 1. The van der Waals surface area contributed by atoms with Gasteiger partial charge < -0.3 is 9.80 Å². The predicted molar refractivity (Wildman–Crippen MR) is 89.1 cm³/mol. The Balaban J connectivity index is 1.43. The number of nitrogens with zero attached hydrogens (tertiary/aromatic N) is 2. The van der Waals surface area contributed by atoms with Crippen LogP contribution in [0, 0.1) is 17.7 Å². The van der Waals surface area contributed by atoms with E-state index in [1.165, 1.54) is 6.07 Å². The van der Waals surface area contributed by atoms with Crippen LogP contribution in [0.5, 0.6) is 0 Å². The van der Waals surface area contributed by atoms with E-state index in [4.69, 9.17) is 0 Å². The number of carbonyl (C=O) groups excluding carboxylic acids is 2. The molecule has 2 fully saturated rings. The minimum atomic E-state index is -0.241. The number of anilines is 1. The summed E-state index contributed by atoms with van der Waals surface area (Å²) in [7, 11) is 0. The summed E-state index contributed by atoms with van der Waals surface area (Å²) in [6, 6.07) is 4.71. The van der Waals surface area contributed by atoms with E-state index in [1.807, 2.05) is 9.80 Å². The number of halogens is 1. The third-order valence-electron chi connectivity index (χ3n) is 5.51. The first-order chi connectivity index (χ1) is 11.6. The fraction of sp³-hybridized carbons (Fsp3) is 0.579. The van der Waals surface area contributed by atoms with E-state index < -0.39 is 0 Å². The van der Waals surface area contributed by atoms with E-state index in [2.05, 4.69) is 0 Å². The molecular weight excluding hydrogens is 307 g/mol. The Morgan fingerprint density at radius 1 is 0.958 bits per heavy atom. The van der Waals surface area contributed by atoms with Gasteiger partial charge in [-0.15, -0.1) is 0 Å². The van der Waals surface area contributed by atoms with E-state index in [-0.39, 0.29) is 29.5 Å². The second-order valence-corrected chi connectivity index (χ2v) is 7.24. The van der Waals surface area contributed by atoms with Crippen LogP contribution in [0.15, 0.2) is 18.2 Å². The molecule has 24 heavy (non-hydrogen) atoms. The van der Waals surface area contributed by atoms with Gasteiger partial charge in [0.2, 0.25) is 11.8 Å².